The number of nitrogens with zero attached hydrogens (tertiary/aromatic N) is 2. The molecule has 0 unspecified atom stereocenters. The number of carbonyl (C=O) groups is 2. The van der Waals surface area contributed by atoms with E-state index in [4.69, 9.17) is 4.42 Å². The molecule has 1 saturated heterocycles. The number of fused-ring (bicyclic) bond motifs is 1. The summed E-state index contributed by atoms with van der Waals surface area (Å²) in [4.78, 5) is 31.2. The lowest BCUT2D eigenvalue weighted by molar-refractivity contribution is -0.121. The highest BCUT2D eigenvalue weighted by Crippen LogP contribution is 2.29. The minimum Gasteiger partial charge on any atom is -0.436 e. The number of amides is 2. The minimum atomic E-state index is -0.415. The quantitative estimate of drug-likeness (QED) is 0.682. The number of carbonyl (C=O) groups excluding carboxylic acids is 2. The van der Waals surface area contributed by atoms with Crippen LogP contribution in [0.15, 0.2) is 52.9 Å². The second-order valence-electron chi connectivity index (χ2n) is 7.86. The number of imide groups is 1. The van der Waals surface area contributed by atoms with E-state index >= 15 is 0 Å². The van der Waals surface area contributed by atoms with Crippen LogP contribution in [0.5, 0.6) is 0 Å². The van der Waals surface area contributed by atoms with Gasteiger partial charge in [0, 0.05) is 11.6 Å². The van der Waals surface area contributed by atoms with Gasteiger partial charge in [0.15, 0.2) is 5.58 Å². The maximum Gasteiger partial charge on any atom is 0.251 e. The van der Waals surface area contributed by atoms with Gasteiger partial charge in [-0.05, 0) is 49.2 Å². The summed E-state index contributed by atoms with van der Waals surface area (Å²) in [5.74, 6) is 0.210. The summed E-state index contributed by atoms with van der Waals surface area (Å²) < 4.78 is 5.79. The van der Waals surface area contributed by atoms with Crippen LogP contribution in [-0.4, -0.2) is 28.9 Å². The molecule has 1 saturated carbocycles. The topological polar surface area (TPSA) is 75.4 Å². The molecule has 1 aliphatic heterocycles. The zero-order valence-corrected chi connectivity index (χ0v) is 16.1. The molecule has 5 rings (SSSR count). The molecule has 2 fully saturated rings. The summed E-state index contributed by atoms with van der Waals surface area (Å²) in [5.41, 5.74) is 2.93. The van der Waals surface area contributed by atoms with Gasteiger partial charge in [-0.1, -0.05) is 31.4 Å². The van der Waals surface area contributed by atoms with Crippen LogP contribution in [0.2, 0.25) is 0 Å². The van der Waals surface area contributed by atoms with E-state index in [1.807, 2.05) is 36.4 Å². The maximum atomic E-state index is 12.9. The number of rotatable bonds is 4. The molecule has 2 amide bonds. The summed E-state index contributed by atoms with van der Waals surface area (Å²) in [7, 11) is 0. The Morgan fingerprint density at radius 3 is 2.48 bits per heavy atom. The first kappa shape index (κ1) is 18.1. The minimum absolute atomic E-state index is 0.155. The number of hydrogen-bond donors (Lipinski definition) is 1. The van der Waals surface area contributed by atoms with Gasteiger partial charge in [-0.2, -0.15) is 0 Å². The first-order valence-electron chi connectivity index (χ1n) is 10.3. The lowest BCUT2D eigenvalue weighted by Gasteiger charge is -2.25. The number of aromatic nitrogens is 1. The largest absolute Gasteiger partial charge is 0.436 e. The monoisotopic (exact) mass is 389 g/mol. The summed E-state index contributed by atoms with van der Waals surface area (Å²) in [6, 6.07) is 14.8. The SMILES string of the molecule is O=C1C[C@H](NC2CCCCC2)C(=O)N1c1ccc(-c2nc3ccccc3o2)cc1. The first-order chi connectivity index (χ1) is 14.2. The fraction of sp³-hybridized carbons (Fsp3) is 0.348. The van der Waals surface area contributed by atoms with Crippen molar-refractivity contribution < 1.29 is 14.0 Å². The number of benzene rings is 2. The van der Waals surface area contributed by atoms with E-state index in [9.17, 15) is 9.59 Å². The first-order valence-corrected chi connectivity index (χ1v) is 10.3. The van der Waals surface area contributed by atoms with Gasteiger partial charge in [-0.15, -0.1) is 0 Å². The van der Waals surface area contributed by atoms with Crippen LogP contribution < -0.4 is 10.2 Å². The molecule has 2 heterocycles. The zero-order valence-electron chi connectivity index (χ0n) is 16.1. The Hall–Kier alpha value is -2.99. The van der Waals surface area contributed by atoms with Gasteiger partial charge in [0.25, 0.3) is 5.91 Å². The molecule has 3 aromatic rings. The third kappa shape index (κ3) is 3.44. The van der Waals surface area contributed by atoms with Gasteiger partial charge in [0.2, 0.25) is 11.8 Å². The van der Waals surface area contributed by atoms with E-state index in [-0.39, 0.29) is 18.2 Å². The van der Waals surface area contributed by atoms with Gasteiger partial charge in [0.1, 0.15) is 5.52 Å². The maximum absolute atomic E-state index is 12.9. The van der Waals surface area contributed by atoms with Crippen molar-refractivity contribution >= 4 is 28.6 Å². The molecule has 0 spiro atoms. The highest BCUT2D eigenvalue weighted by atomic mass is 16.3. The van der Waals surface area contributed by atoms with Crippen LogP contribution in [0.25, 0.3) is 22.6 Å². The highest BCUT2D eigenvalue weighted by Gasteiger charge is 2.40. The average molecular weight is 389 g/mol. The Balaban J connectivity index is 1.33. The van der Waals surface area contributed by atoms with Crippen LogP contribution in [-0.2, 0) is 9.59 Å². The fourth-order valence-electron chi connectivity index (χ4n) is 4.34. The number of nitrogens with one attached hydrogen (secondary N) is 1. The molecule has 2 aliphatic rings. The number of anilines is 1. The Kier molecular flexibility index (Phi) is 4.64. The molecular weight excluding hydrogens is 366 g/mol. The van der Waals surface area contributed by atoms with Gasteiger partial charge in [-0.25, -0.2) is 9.88 Å². The molecule has 1 aliphatic carbocycles. The van der Waals surface area contributed by atoms with E-state index in [1.54, 1.807) is 12.1 Å². The summed E-state index contributed by atoms with van der Waals surface area (Å²) in [5, 5.41) is 3.41. The highest BCUT2D eigenvalue weighted by molar-refractivity contribution is 6.22. The summed E-state index contributed by atoms with van der Waals surface area (Å²) in [6.07, 6.45) is 6.02. The van der Waals surface area contributed by atoms with E-state index in [0.29, 0.717) is 17.6 Å². The average Bonchev–Trinajstić information content (AvgIpc) is 3.30. The van der Waals surface area contributed by atoms with Crippen molar-refractivity contribution in [2.75, 3.05) is 4.90 Å². The normalized spacial score (nSPS) is 20.7. The van der Waals surface area contributed by atoms with Gasteiger partial charge in [-0.3, -0.25) is 9.59 Å². The van der Waals surface area contributed by atoms with Gasteiger partial charge < -0.3 is 9.73 Å². The molecule has 6 heteroatoms. The predicted molar refractivity (Wildman–Crippen MR) is 110 cm³/mol. The van der Waals surface area contributed by atoms with Crippen LogP contribution in [0.3, 0.4) is 0 Å². The van der Waals surface area contributed by atoms with E-state index in [2.05, 4.69) is 10.3 Å². The molecule has 1 atom stereocenters. The van der Waals surface area contributed by atoms with Crippen molar-refractivity contribution in [3.8, 4) is 11.5 Å². The lowest BCUT2D eigenvalue weighted by atomic mass is 9.95. The third-order valence-corrected chi connectivity index (χ3v) is 5.86. The number of oxazole rings is 1. The van der Waals surface area contributed by atoms with Crippen molar-refractivity contribution in [1.29, 1.82) is 0 Å². The number of para-hydroxylation sites is 2. The molecule has 1 aromatic heterocycles. The number of hydrogen-bond acceptors (Lipinski definition) is 5. The van der Waals surface area contributed by atoms with E-state index < -0.39 is 6.04 Å². The molecule has 0 bridgehead atoms. The molecule has 148 valence electrons. The lowest BCUT2D eigenvalue weighted by Crippen LogP contribution is -2.44. The fourth-order valence-corrected chi connectivity index (χ4v) is 4.34. The van der Waals surface area contributed by atoms with Crippen molar-refractivity contribution in [3.05, 3.63) is 48.5 Å². The summed E-state index contributed by atoms with van der Waals surface area (Å²) >= 11 is 0. The van der Waals surface area contributed by atoms with Gasteiger partial charge >= 0.3 is 0 Å². The van der Waals surface area contributed by atoms with Crippen molar-refractivity contribution in [3.63, 3.8) is 0 Å². The molecular formula is C23H23N3O3. The molecule has 6 nitrogen and oxygen atoms in total. The Bertz CT molecular complexity index is 1020. The van der Waals surface area contributed by atoms with Crippen LogP contribution in [0.1, 0.15) is 38.5 Å². The third-order valence-electron chi connectivity index (χ3n) is 5.86. The van der Waals surface area contributed by atoms with Crippen molar-refractivity contribution in [2.45, 2.75) is 50.6 Å². The molecule has 2 aromatic carbocycles. The van der Waals surface area contributed by atoms with Crippen molar-refractivity contribution in [1.82, 2.24) is 10.3 Å². The smallest absolute Gasteiger partial charge is 0.251 e. The Labute approximate surface area is 168 Å². The molecule has 0 radical (unpaired) electrons. The second kappa shape index (κ2) is 7.44. The zero-order chi connectivity index (χ0) is 19.8. The van der Waals surface area contributed by atoms with Crippen LogP contribution >= 0.6 is 0 Å². The van der Waals surface area contributed by atoms with E-state index in [0.717, 1.165) is 29.5 Å². The molecule has 1 N–H and O–H groups in total. The van der Waals surface area contributed by atoms with Gasteiger partial charge in [0.05, 0.1) is 18.2 Å². The Morgan fingerprint density at radius 2 is 1.72 bits per heavy atom. The standard InChI is InChI=1S/C23H23N3O3/c27-21-14-19(24-16-6-2-1-3-7-16)23(28)26(21)17-12-10-15(11-13-17)22-25-18-8-4-5-9-20(18)29-22/h4-5,8-13,16,19,24H,1-3,6-7,14H2/t19-/m0/s1. The summed E-state index contributed by atoms with van der Waals surface area (Å²) in [6.45, 7) is 0. The second-order valence-corrected chi connectivity index (χ2v) is 7.86. The van der Waals surface area contributed by atoms with Crippen LogP contribution in [0.4, 0.5) is 5.69 Å². The van der Waals surface area contributed by atoms with Crippen LogP contribution in [0, 0.1) is 0 Å². The Morgan fingerprint density at radius 1 is 0.966 bits per heavy atom. The predicted octanol–water partition coefficient (Wildman–Crippen LogP) is 4.05. The van der Waals surface area contributed by atoms with Crippen molar-refractivity contribution in [2.24, 2.45) is 0 Å². The van der Waals surface area contributed by atoms with E-state index in [1.165, 1.54) is 24.2 Å². The molecule has 29 heavy (non-hydrogen) atoms.